The summed E-state index contributed by atoms with van der Waals surface area (Å²) in [6, 6.07) is 0. The Kier molecular flexibility index (Phi) is 4.99. The van der Waals surface area contributed by atoms with Crippen LogP contribution < -0.4 is 0 Å². The molecule has 9 atom stereocenters. The Hall–Kier alpha value is -1.73. The molecule has 31 heavy (non-hydrogen) atoms. The second-order valence-electron chi connectivity index (χ2n) is 11.0. The topological polar surface area (TPSA) is 110 Å². The van der Waals surface area contributed by atoms with Gasteiger partial charge in [-0.25, -0.2) is 0 Å². The fourth-order valence-corrected chi connectivity index (χ4v) is 8.04. The van der Waals surface area contributed by atoms with Crippen LogP contribution in [0.5, 0.6) is 0 Å². The van der Waals surface area contributed by atoms with Crippen LogP contribution in [0.25, 0.3) is 0 Å². The maximum atomic E-state index is 13.6. The lowest BCUT2D eigenvalue weighted by atomic mass is 9.39. The molecule has 0 aromatic rings. The van der Waals surface area contributed by atoms with Crippen LogP contribution >= 0.6 is 0 Å². The van der Waals surface area contributed by atoms with Gasteiger partial charge in [-0.3, -0.25) is 14.4 Å². The smallest absolute Gasteiger partial charge is 0.302 e. The average Bonchev–Trinajstić information content (AvgIpc) is 2.77. The standard InChI is InChI=1S/C24H34O7/c1-11-19-14(27)9-16-23(6)8-7-17(30-12(2)25)22(4,5)15(23)10-18(31-13(3)26)24(16,20(11)28)21(19)29/h14-19,21,27,29H,1,7-10H2,2-6H3/t14?,15-,16?,17+,18+,19-,21-,23?,24+/m1/s1. The molecular formula is C24H34O7. The molecule has 4 fully saturated rings. The first kappa shape index (κ1) is 22.5. The Labute approximate surface area is 183 Å². The minimum Gasteiger partial charge on any atom is -0.462 e. The van der Waals surface area contributed by atoms with Gasteiger partial charge in [0.2, 0.25) is 0 Å². The highest BCUT2D eigenvalue weighted by Crippen LogP contribution is 2.71. The van der Waals surface area contributed by atoms with Crippen molar-refractivity contribution in [3.05, 3.63) is 12.2 Å². The highest BCUT2D eigenvalue weighted by molar-refractivity contribution is 6.05. The summed E-state index contributed by atoms with van der Waals surface area (Å²) in [5.74, 6) is -2.28. The fourth-order valence-electron chi connectivity index (χ4n) is 8.04. The van der Waals surface area contributed by atoms with Crippen LogP contribution in [0.1, 0.15) is 60.3 Å². The van der Waals surface area contributed by atoms with Gasteiger partial charge >= 0.3 is 11.9 Å². The van der Waals surface area contributed by atoms with Crippen LogP contribution in [0.3, 0.4) is 0 Å². The third kappa shape index (κ3) is 2.75. The lowest BCUT2D eigenvalue weighted by Crippen LogP contribution is -2.70. The van der Waals surface area contributed by atoms with E-state index in [2.05, 4.69) is 27.4 Å². The summed E-state index contributed by atoms with van der Waals surface area (Å²) in [6.07, 6.45) is -1.10. The average molecular weight is 435 g/mol. The highest BCUT2D eigenvalue weighted by Gasteiger charge is 2.77. The highest BCUT2D eigenvalue weighted by atomic mass is 16.5. The minimum absolute atomic E-state index is 0.0457. The molecule has 7 heteroatoms. The van der Waals surface area contributed by atoms with E-state index < -0.39 is 46.4 Å². The van der Waals surface area contributed by atoms with E-state index in [1.54, 1.807) is 0 Å². The predicted molar refractivity (Wildman–Crippen MR) is 111 cm³/mol. The Morgan fingerprint density at radius 1 is 1.00 bits per heavy atom. The van der Waals surface area contributed by atoms with Gasteiger partial charge in [-0.15, -0.1) is 0 Å². The van der Waals surface area contributed by atoms with Gasteiger partial charge in [0.1, 0.15) is 17.6 Å². The zero-order valence-corrected chi connectivity index (χ0v) is 19.0. The van der Waals surface area contributed by atoms with Crippen molar-refractivity contribution in [1.82, 2.24) is 0 Å². The maximum Gasteiger partial charge on any atom is 0.302 e. The van der Waals surface area contributed by atoms with Crippen molar-refractivity contribution in [1.29, 1.82) is 0 Å². The molecule has 2 N–H and O–H groups in total. The molecule has 0 saturated heterocycles. The number of aliphatic hydroxyl groups is 2. The van der Waals surface area contributed by atoms with Crippen LogP contribution in [-0.4, -0.2) is 52.4 Å². The van der Waals surface area contributed by atoms with Crippen LogP contribution in [-0.2, 0) is 23.9 Å². The Bertz CT molecular complexity index is 847. The number of ether oxygens (including phenoxy) is 2. The Balaban J connectivity index is 1.87. The number of carbonyl (C=O) groups is 3. The second-order valence-corrected chi connectivity index (χ2v) is 11.0. The number of fused-ring (bicyclic) bond motifs is 3. The number of rotatable bonds is 2. The van der Waals surface area contributed by atoms with Crippen LogP contribution in [0.4, 0.5) is 0 Å². The van der Waals surface area contributed by atoms with Crippen LogP contribution in [0, 0.1) is 34.0 Å². The van der Waals surface area contributed by atoms with E-state index in [1.165, 1.54) is 13.8 Å². The summed E-state index contributed by atoms with van der Waals surface area (Å²) >= 11 is 0. The number of Topliss-reactive ketones (excluding diaryl/α,β-unsaturated/α-hetero) is 1. The zero-order valence-electron chi connectivity index (χ0n) is 19.0. The lowest BCUT2D eigenvalue weighted by molar-refractivity contribution is -0.256. The van der Waals surface area contributed by atoms with Gasteiger partial charge in [-0.2, -0.15) is 0 Å². The molecule has 0 amide bonds. The van der Waals surface area contributed by atoms with E-state index >= 15 is 0 Å². The molecule has 4 aliphatic carbocycles. The predicted octanol–water partition coefficient (Wildman–Crippen LogP) is 2.18. The molecule has 4 saturated carbocycles. The molecule has 0 aromatic carbocycles. The van der Waals surface area contributed by atoms with Gasteiger partial charge in [0.25, 0.3) is 0 Å². The molecule has 172 valence electrons. The monoisotopic (exact) mass is 434 g/mol. The fraction of sp³-hybridized carbons (Fsp3) is 0.792. The third-order valence-electron chi connectivity index (χ3n) is 9.25. The Morgan fingerprint density at radius 2 is 1.58 bits per heavy atom. The molecule has 1 spiro atoms. The molecule has 4 rings (SSSR count). The van der Waals surface area contributed by atoms with E-state index in [9.17, 15) is 24.6 Å². The van der Waals surface area contributed by atoms with Crippen molar-refractivity contribution in [3.63, 3.8) is 0 Å². The summed E-state index contributed by atoms with van der Waals surface area (Å²) < 4.78 is 11.4. The van der Waals surface area contributed by atoms with Crippen LogP contribution in [0.2, 0.25) is 0 Å². The van der Waals surface area contributed by atoms with Crippen molar-refractivity contribution in [2.45, 2.75) is 84.7 Å². The molecular weight excluding hydrogens is 400 g/mol. The van der Waals surface area contributed by atoms with Gasteiger partial charge in [0.15, 0.2) is 5.78 Å². The number of carbonyl (C=O) groups excluding carboxylic acids is 3. The van der Waals surface area contributed by atoms with E-state index in [4.69, 9.17) is 9.47 Å². The number of hydrogen-bond donors (Lipinski definition) is 2. The number of hydrogen-bond acceptors (Lipinski definition) is 7. The van der Waals surface area contributed by atoms with Gasteiger partial charge in [0.05, 0.1) is 12.2 Å². The van der Waals surface area contributed by atoms with Crippen molar-refractivity contribution >= 4 is 17.7 Å². The minimum atomic E-state index is -1.29. The third-order valence-corrected chi connectivity index (χ3v) is 9.25. The van der Waals surface area contributed by atoms with Crippen molar-refractivity contribution < 1.29 is 34.1 Å². The normalized spacial score (nSPS) is 47.9. The second kappa shape index (κ2) is 6.88. The summed E-state index contributed by atoms with van der Waals surface area (Å²) in [4.78, 5) is 37.5. The van der Waals surface area contributed by atoms with Crippen LogP contribution in [0.15, 0.2) is 12.2 Å². The molecule has 3 unspecified atom stereocenters. The van der Waals surface area contributed by atoms with E-state index in [0.717, 1.165) is 0 Å². The first-order valence-electron chi connectivity index (χ1n) is 11.2. The molecule has 7 nitrogen and oxygen atoms in total. The molecule has 0 heterocycles. The maximum absolute atomic E-state index is 13.6. The van der Waals surface area contributed by atoms with Crippen molar-refractivity contribution in [2.24, 2.45) is 34.0 Å². The van der Waals surface area contributed by atoms with E-state index in [0.29, 0.717) is 25.7 Å². The SMILES string of the molecule is C=C1C(=O)[C@@]23C(CC(O)[C@@H]1[C@H]2O)C1(C)CC[C@H](OC(C)=O)C(C)(C)[C@H]1C[C@@H]3OC(C)=O. The Morgan fingerprint density at radius 3 is 2.16 bits per heavy atom. The lowest BCUT2D eigenvalue weighted by Gasteiger charge is -2.66. The summed E-state index contributed by atoms with van der Waals surface area (Å²) in [5.41, 5.74) is -1.91. The van der Waals surface area contributed by atoms with Gasteiger partial charge in [0, 0.05) is 25.2 Å². The van der Waals surface area contributed by atoms with Crippen molar-refractivity contribution in [3.8, 4) is 0 Å². The molecule has 0 aromatic heterocycles. The molecule has 2 bridgehead atoms. The summed E-state index contributed by atoms with van der Waals surface area (Å²) in [5, 5.41) is 22.3. The van der Waals surface area contributed by atoms with E-state index in [-0.39, 0.29) is 35.3 Å². The van der Waals surface area contributed by atoms with Gasteiger partial charge in [-0.05, 0) is 48.5 Å². The first-order valence-corrected chi connectivity index (χ1v) is 11.2. The molecule has 0 aliphatic heterocycles. The van der Waals surface area contributed by atoms with E-state index in [1.807, 2.05) is 0 Å². The molecule has 4 aliphatic rings. The largest absolute Gasteiger partial charge is 0.462 e. The number of ketones is 1. The first-order chi connectivity index (χ1) is 14.3. The quantitative estimate of drug-likeness (QED) is 0.506. The summed E-state index contributed by atoms with van der Waals surface area (Å²) in [6.45, 7) is 12.8. The number of aliphatic hydroxyl groups excluding tert-OH is 2. The zero-order chi connectivity index (χ0) is 23.1. The van der Waals surface area contributed by atoms with Gasteiger partial charge < -0.3 is 19.7 Å². The van der Waals surface area contributed by atoms with Gasteiger partial charge in [-0.1, -0.05) is 27.4 Å². The molecule has 0 radical (unpaired) electrons. The summed E-state index contributed by atoms with van der Waals surface area (Å²) in [7, 11) is 0. The van der Waals surface area contributed by atoms with Crippen molar-refractivity contribution in [2.75, 3.05) is 0 Å². The number of esters is 2.